The zero-order chi connectivity index (χ0) is 9.14. The summed E-state index contributed by atoms with van der Waals surface area (Å²) < 4.78 is 0. The van der Waals surface area contributed by atoms with Crippen LogP contribution < -0.4 is 5.56 Å². The van der Waals surface area contributed by atoms with E-state index in [0.29, 0.717) is 0 Å². The average molecular weight is 164 g/mol. The maximum atomic E-state index is 10.6. The van der Waals surface area contributed by atoms with E-state index in [1.165, 1.54) is 0 Å². The zero-order valence-corrected chi connectivity index (χ0v) is 5.87. The lowest BCUT2D eigenvalue weighted by molar-refractivity contribution is 0.0696. The predicted octanol–water partition coefficient (Wildman–Crippen LogP) is -0.0552. The number of hydrogen-bond acceptors (Lipinski definition) is 3. The second-order valence-electron chi connectivity index (χ2n) is 2.04. The summed E-state index contributed by atoms with van der Waals surface area (Å²) in [7, 11) is 0. The number of rotatable bonds is 1. The molecule has 0 aromatic carbocycles. The molecule has 2 N–H and O–H groups in total. The number of carboxylic acid groups (broad SMARTS) is 1. The zero-order valence-electron chi connectivity index (χ0n) is 5.87. The Bertz CT molecular complexity index is 413. The molecule has 0 saturated heterocycles. The molecule has 0 aliphatic carbocycles. The van der Waals surface area contributed by atoms with E-state index in [2.05, 4.69) is 4.98 Å². The normalized spacial score (nSPS) is 8.92. The average Bonchev–Trinajstić information content (AvgIpc) is 2.04. The molecule has 0 bridgehead atoms. The number of nitrogens with zero attached hydrogens (tertiary/aromatic N) is 1. The van der Waals surface area contributed by atoms with Crippen molar-refractivity contribution in [3.63, 3.8) is 0 Å². The Hall–Kier alpha value is -2.09. The van der Waals surface area contributed by atoms with Gasteiger partial charge in [0.1, 0.15) is 6.07 Å². The predicted molar refractivity (Wildman–Crippen MR) is 38.7 cm³/mol. The van der Waals surface area contributed by atoms with Crippen LogP contribution in [0.15, 0.2) is 17.1 Å². The van der Waals surface area contributed by atoms with Crippen LogP contribution in [0.1, 0.15) is 15.9 Å². The molecule has 1 rings (SSSR count). The van der Waals surface area contributed by atoms with Crippen LogP contribution in [-0.4, -0.2) is 16.1 Å². The van der Waals surface area contributed by atoms with Gasteiger partial charge in [-0.25, -0.2) is 4.79 Å². The minimum Gasteiger partial charge on any atom is -0.478 e. The molecule has 0 spiro atoms. The number of carbonyl (C=O) groups is 1. The lowest BCUT2D eigenvalue weighted by Crippen LogP contribution is -2.10. The Morgan fingerprint density at radius 2 is 2.33 bits per heavy atom. The van der Waals surface area contributed by atoms with Gasteiger partial charge in [0.15, 0.2) is 0 Å². The van der Waals surface area contributed by atoms with Gasteiger partial charge in [0, 0.05) is 12.3 Å². The fourth-order valence-corrected chi connectivity index (χ4v) is 0.741. The summed E-state index contributed by atoms with van der Waals surface area (Å²) in [6, 6.07) is 2.53. The van der Waals surface area contributed by atoms with Crippen molar-refractivity contribution in [2.75, 3.05) is 0 Å². The number of aromatic carboxylic acids is 1. The van der Waals surface area contributed by atoms with Crippen LogP contribution in [0.25, 0.3) is 0 Å². The Morgan fingerprint density at radius 1 is 1.67 bits per heavy atom. The Labute approximate surface area is 66.9 Å². The molecule has 5 nitrogen and oxygen atoms in total. The van der Waals surface area contributed by atoms with Gasteiger partial charge in [-0.05, 0) is 0 Å². The highest BCUT2D eigenvalue weighted by molar-refractivity contribution is 5.90. The summed E-state index contributed by atoms with van der Waals surface area (Å²) in [4.78, 5) is 23.3. The van der Waals surface area contributed by atoms with E-state index < -0.39 is 11.5 Å². The van der Waals surface area contributed by atoms with Crippen molar-refractivity contribution >= 4 is 5.97 Å². The first-order valence-electron chi connectivity index (χ1n) is 3.01. The van der Waals surface area contributed by atoms with Gasteiger partial charge in [-0.15, -0.1) is 0 Å². The number of hydrogen-bond donors (Lipinski definition) is 2. The maximum absolute atomic E-state index is 10.6. The maximum Gasteiger partial charge on any atom is 0.337 e. The lowest BCUT2D eigenvalue weighted by atomic mass is 10.1. The number of nitrogens with one attached hydrogen (secondary N) is 1. The van der Waals surface area contributed by atoms with Crippen molar-refractivity contribution in [3.8, 4) is 6.07 Å². The van der Waals surface area contributed by atoms with Crippen LogP contribution >= 0.6 is 0 Å². The second kappa shape index (κ2) is 2.88. The van der Waals surface area contributed by atoms with E-state index in [0.717, 1.165) is 12.3 Å². The highest BCUT2D eigenvalue weighted by atomic mass is 16.4. The number of carboxylic acids is 1. The van der Waals surface area contributed by atoms with Crippen molar-refractivity contribution in [2.24, 2.45) is 0 Å². The molecule has 1 aromatic rings. The molecule has 0 radical (unpaired) electrons. The van der Waals surface area contributed by atoms with Crippen LogP contribution in [0, 0.1) is 11.3 Å². The smallest absolute Gasteiger partial charge is 0.337 e. The number of pyridine rings is 1. The first-order chi connectivity index (χ1) is 5.65. The van der Waals surface area contributed by atoms with Gasteiger partial charge in [-0.2, -0.15) is 5.26 Å². The van der Waals surface area contributed by atoms with Crippen molar-refractivity contribution in [2.45, 2.75) is 0 Å². The molecule has 0 fully saturated rings. The SMILES string of the molecule is N#Cc1c[nH]c(=O)cc1C(=O)O. The van der Waals surface area contributed by atoms with E-state index in [1.54, 1.807) is 6.07 Å². The van der Waals surface area contributed by atoms with Crippen LogP contribution in [-0.2, 0) is 0 Å². The van der Waals surface area contributed by atoms with Gasteiger partial charge < -0.3 is 10.1 Å². The minimum absolute atomic E-state index is 0.0536. The highest BCUT2D eigenvalue weighted by Gasteiger charge is 2.09. The molecule has 1 heterocycles. The van der Waals surface area contributed by atoms with Gasteiger partial charge in [0.25, 0.3) is 0 Å². The minimum atomic E-state index is -1.28. The fraction of sp³-hybridized carbons (Fsp3) is 0. The van der Waals surface area contributed by atoms with Crippen LogP contribution in [0.5, 0.6) is 0 Å². The Kier molecular flexibility index (Phi) is 1.92. The van der Waals surface area contributed by atoms with Crippen molar-refractivity contribution in [1.29, 1.82) is 5.26 Å². The van der Waals surface area contributed by atoms with E-state index in [-0.39, 0.29) is 11.1 Å². The van der Waals surface area contributed by atoms with Crippen molar-refractivity contribution in [3.05, 3.63) is 33.7 Å². The van der Waals surface area contributed by atoms with Gasteiger partial charge in [0.2, 0.25) is 5.56 Å². The largest absolute Gasteiger partial charge is 0.478 e. The number of nitriles is 1. The van der Waals surface area contributed by atoms with Crippen LogP contribution in [0.4, 0.5) is 0 Å². The summed E-state index contributed by atoms with van der Waals surface area (Å²) in [5.41, 5.74) is -0.866. The molecule has 0 saturated carbocycles. The van der Waals surface area contributed by atoms with E-state index in [4.69, 9.17) is 10.4 Å². The molecule has 1 aromatic heterocycles. The molecular weight excluding hydrogens is 160 g/mol. The van der Waals surface area contributed by atoms with E-state index in [9.17, 15) is 9.59 Å². The Morgan fingerprint density at radius 3 is 2.83 bits per heavy atom. The number of aromatic amines is 1. The van der Waals surface area contributed by atoms with Crippen molar-refractivity contribution in [1.82, 2.24) is 4.98 Å². The Balaban J connectivity index is 3.44. The molecule has 12 heavy (non-hydrogen) atoms. The van der Waals surface area contributed by atoms with Crippen LogP contribution in [0.3, 0.4) is 0 Å². The summed E-state index contributed by atoms with van der Waals surface area (Å²) in [6.45, 7) is 0. The first kappa shape index (κ1) is 8.01. The molecular formula is C7H4N2O3. The molecule has 0 atom stereocenters. The fourth-order valence-electron chi connectivity index (χ4n) is 0.741. The third kappa shape index (κ3) is 1.32. The van der Waals surface area contributed by atoms with Gasteiger partial charge in [-0.3, -0.25) is 4.79 Å². The molecule has 0 aliphatic rings. The van der Waals surface area contributed by atoms with E-state index >= 15 is 0 Å². The summed E-state index contributed by atoms with van der Waals surface area (Å²) in [6.07, 6.45) is 1.08. The van der Waals surface area contributed by atoms with Gasteiger partial charge in [-0.1, -0.05) is 0 Å². The standard InChI is InChI=1S/C7H4N2O3/c8-2-4-3-9-6(10)1-5(4)7(11)12/h1,3H,(H,9,10)(H,11,12). The lowest BCUT2D eigenvalue weighted by Gasteiger charge is -1.94. The molecule has 60 valence electrons. The monoisotopic (exact) mass is 164 g/mol. The quantitative estimate of drug-likeness (QED) is 0.608. The third-order valence-corrected chi connectivity index (χ3v) is 1.28. The van der Waals surface area contributed by atoms with Gasteiger partial charge >= 0.3 is 5.97 Å². The van der Waals surface area contributed by atoms with E-state index in [1.807, 2.05) is 0 Å². The summed E-state index contributed by atoms with van der Waals surface area (Å²) in [5, 5.41) is 16.9. The molecule has 0 unspecified atom stereocenters. The third-order valence-electron chi connectivity index (χ3n) is 1.28. The highest BCUT2D eigenvalue weighted by Crippen LogP contribution is 2.01. The van der Waals surface area contributed by atoms with Gasteiger partial charge in [0.05, 0.1) is 11.1 Å². The summed E-state index contributed by atoms with van der Waals surface area (Å²) in [5.74, 6) is -1.28. The molecule has 0 amide bonds. The molecule has 5 heteroatoms. The summed E-state index contributed by atoms with van der Waals surface area (Å²) >= 11 is 0. The topological polar surface area (TPSA) is 94.0 Å². The second-order valence-corrected chi connectivity index (χ2v) is 2.04. The number of aromatic nitrogens is 1. The van der Waals surface area contributed by atoms with Crippen molar-refractivity contribution < 1.29 is 9.90 Å². The molecule has 0 aliphatic heterocycles. The number of H-pyrrole nitrogens is 1. The first-order valence-corrected chi connectivity index (χ1v) is 3.01. The van der Waals surface area contributed by atoms with Crippen LogP contribution in [0.2, 0.25) is 0 Å².